The summed E-state index contributed by atoms with van der Waals surface area (Å²) in [6.45, 7) is -0.0577. The molecule has 4 aromatic carbocycles. The summed E-state index contributed by atoms with van der Waals surface area (Å²) in [5.74, 6) is -16.8. The third-order valence-electron chi connectivity index (χ3n) is 18.6. The van der Waals surface area contributed by atoms with E-state index in [1.165, 1.54) is 112 Å². The number of phenolic OH excluding ortho intramolecular Hbond substituents is 1. The number of carbonyl (C=O) groups is 16. The van der Waals surface area contributed by atoms with Crippen LogP contribution in [0.4, 0.5) is 21.0 Å². The van der Waals surface area contributed by atoms with Crippen LogP contribution in [-0.2, 0) is 92.8 Å². The van der Waals surface area contributed by atoms with Crippen LogP contribution in [0.25, 0.3) is 0 Å². The number of rotatable bonds is 31. The molecule has 4 aromatic rings. The smallest absolute Gasteiger partial charge is 0.549 e. The number of hydrogen-bond donors (Lipinski definition) is 17. The molecule has 3 aliphatic heterocycles. The fraction of sp³-hybridized carbons (Fsp3) is 0.452. The predicted octanol–water partition coefficient (Wildman–Crippen LogP) is -7.45. The Bertz CT molecular complexity index is 4100. The topological polar surface area (TPSA) is 615 Å². The zero-order valence-corrected chi connectivity index (χ0v) is 67.7. The molecule has 15 amide bonds. The third-order valence-corrected chi connectivity index (χ3v) is 21.2. The number of urea groups is 2. The zero-order chi connectivity index (χ0) is 84.0. The van der Waals surface area contributed by atoms with Gasteiger partial charge in [0.2, 0.25) is 65.0 Å². The number of benzene rings is 4. The number of carbonyl (C=O) groups excluding carboxylic acids is 16. The number of imide groups is 1. The van der Waals surface area contributed by atoms with Crippen LogP contribution < -0.4 is 96.3 Å². The van der Waals surface area contributed by atoms with Gasteiger partial charge >= 0.3 is 31.9 Å². The number of phenols is 1. The molecule has 3 aliphatic rings. The number of halogens is 1. The number of aliphatic hydroxyl groups excluding tert-OH is 1. The number of carboxylic acid groups (broad SMARTS) is 3. The van der Waals surface area contributed by atoms with Gasteiger partial charge in [0.15, 0.2) is 0 Å². The summed E-state index contributed by atoms with van der Waals surface area (Å²) in [4.78, 5) is 223. The number of hydrogen-bond acceptors (Lipinski definition) is 27. The fourth-order valence-electron chi connectivity index (χ4n) is 12.4. The SMILES string of the molecule is C[C@@H](O)[C@@H]1NC(=O)[C@H](CCCCN)NC(=O)[C@@H](Cc2ccc(NC(N)=O)cc2)NC(=O)[C@H](Cc2ccc(NC(=O)[C@@H]3CC(=O)NC(=O)N3)cc2)NC(=O)[C@H](NC(=O)[C@H](Cc2ccc(Cl)cc2)NC(=O)CCC(C(=O)[O-])N2CCN(CC(=O)[O-])CCN(CC(=O)[O-])CC2)CSSC[C@@H](C(=O)N[C@H](Cc2ccc(O)cc2)C(N)=O)NC1=O.[68Ga+3]. The number of amides is 15. The van der Waals surface area contributed by atoms with Crippen molar-refractivity contribution >= 4 is 159 Å². The maximum atomic E-state index is 15.6. The second kappa shape index (κ2) is 46.8. The van der Waals surface area contributed by atoms with Crippen LogP contribution in [0.15, 0.2) is 97.1 Å². The summed E-state index contributed by atoms with van der Waals surface area (Å²) in [5, 5.41) is 88.1. The molecular formula is C73H92ClGaN18O21S2. The molecule has 0 aromatic heterocycles. The predicted molar refractivity (Wildman–Crippen MR) is 417 cm³/mol. The van der Waals surface area contributed by atoms with Crippen LogP contribution in [-0.4, -0.2) is 277 Å². The minimum atomic E-state index is -1.90. The minimum Gasteiger partial charge on any atom is -0.549 e. The first-order valence-corrected chi connectivity index (χ1v) is 39.4. The number of aliphatic carboxylic acids is 3. The fourth-order valence-corrected chi connectivity index (χ4v) is 14.9. The number of nitrogens with one attached hydrogen (secondary N) is 12. The van der Waals surface area contributed by atoms with E-state index in [2.05, 4.69) is 58.5 Å². The van der Waals surface area contributed by atoms with Gasteiger partial charge in [0.25, 0.3) is 0 Å². The van der Waals surface area contributed by atoms with E-state index in [1.807, 2.05) is 5.32 Å². The van der Waals surface area contributed by atoms with Gasteiger partial charge in [-0.3, -0.25) is 72.8 Å². The quantitative estimate of drug-likeness (QED) is 0.0126. The molecular weight excluding hydrogens is 1630 g/mol. The molecule has 3 fully saturated rings. The summed E-state index contributed by atoms with van der Waals surface area (Å²) in [7, 11) is 1.58. The second-order valence-electron chi connectivity index (χ2n) is 27.4. The molecule has 3 heterocycles. The molecule has 0 spiro atoms. The molecule has 1 unspecified atom stereocenters. The average molecular weight is 1730 g/mol. The molecule has 3 saturated heterocycles. The Morgan fingerprint density at radius 3 is 1.62 bits per heavy atom. The van der Waals surface area contributed by atoms with Crippen molar-refractivity contribution in [3.63, 3.8) is 0 Å². The zero-order valence-electron chi connectivity index (χ0n) is 62.9. The van der Waals surface area contributed by atoms with Crippen molar-refractivity contribution in [3.05, 3.63) is 124 Å². The number of nitrogens with two attached hydrogens (primary N) is 3. The number of aromatic hydroxyl groups is 1. The van der Waals surface area contributed by atoms with Crippen LogP contribution in [0.2, 0.25) is 5.02 Å². The van der Waals surface area contributed by atoms with Gasteiger partial charge in [-0.1, -0.05) is 81.7 Å². The first-order valence-electron chi connectivity index (χ1n) is 36.5. The van der Waals surface area contributed by atoms with Gasteiger partial charge in [0.05, 0.1) is 30.4 Å². The Balaban J connectivity index is 0.0000209. The maximum Gasteiger partial charge on any atom is 3.00 e. The Kier molecular flexibility index (Phi) is 38.1. The standard InChI is InChI=1S/C73H95ClN18O21S2.Ga/c1-39(93)61-70(109)86-55(68(107)82-49(62(76)101)30-43-11-19-47(94)20-12-43)38-115-114-37-54(85-65(104)50(31-40-5-13-44(74)14-6-40)80-57(95)22-21-56(71(110)111)92-28-26-90(35-59(97)98)24-25-91(27-29-92)36-60(99)100)69(108)84-52(33-41-7-15-45(16-8-41)78-64(103)53-34-58(96)88-73(113)87-53)67(106)83-51(32-42-9-17-46(18-10-42)79-72(77)112)66(105)81-48(63(102)89-61)4-2-3-23-75;/h5-20,39,48-56,61,93-94H,2-4,21-38,75H2,1H3,(H2,76,101)(H,78,103)(H,80,95)(H,81,105)(H,82,107)(H,83,106)(H,84,108)(H,85,104)(H,86,109)(H,89,102)(H,97,98)(H,99,100)(H,110,111)(H3,77,79,112)(H2,87,88,96,113);/q;+3/p-3/t39-,48+,49-,50+,51-,52+,53+,54-,55+,56?,61+;/m1./s1/i;1-2. The largest absolute Gasteiger partial charge is 3.00 e. The molecule has 0 radical (unpaired) electrons. The van der Waals surface area contributed by atoms with Crippen LogP contribution in [0.5, 0.6) is 5.75 Å². The molecule has 39 nitrogen and oxygen atoms in total. The molecule has 0 aliphatic carbocycles. The minimum absolute atomic E-state index is 0. The van der Waals surface area contributed by atoms with E-state index < -0.39 is 218 Å². The van der Waals surface area contributed by atoms with Crippen molar-refractivity contribution < 1.29 is 102 Å². The molecule has 116 heavy (non-hydrogen) atoms. The Labute approximate surface area is 691 Å². The molecule has 43 heteroatoms. The van der Waals surface area contributed by atoms with Gasteiger partial charge in [0.1, 0.15) is 60.1 Å². The van der Waals surface area contributed by atoms with Gasteiger partial charge in [0, 0.05) is 118 Å². The summed E-state index contributed by atoms with van der Waals surface area (Å²) in [6.07, 6.45) is -4.39. The van der Waals surface area contributed by atoms with E-state index in [4.69, 9.17) is 28.8 Å². The second-order valence-corrected chi connectivity index (χ2v) is 30.4. The molecule has 0 bridgehead atoms. The summed E-state index contributed by atoms with van der Waals surface area (Å²) in [5.41, 5.74) is 18.7. The first-order chi connectivity index (χ1) is 54.7. The molecule has 0 saturated carbocycles. The molecule has 20 N–H and O–H groups in total. The van der Waals surface area contributed by atoms with Crippen LogP contribution in [0, 0.1) is 0 Å². The first kappa shape index (κ1) is 94.3. The van der Waals surface area contributed by atoms with Crippen LogP contribution >= 0.6 is 33.2 Å². The van der Waals surface area contributed by atoms with Gasteiger partial charge in [-0.05, 0) is 110 Å². The van der Waals surface area contributed by atoms with Crippen molar-refractivity contribution in [1.29, 1.82) is 0 Å². The normalized spacial score (nSPS) is 21.0. The molecule has 622 valence electrons. The summed E-state index contributed by atoms with van der Waals surface area (Å²) < 4.78 is 0. The van der Waals surface area contributed by atoms with Crippen molar-refractivity contribution in [2.45, 2.75) is 138 Å². The van der Waals surface area contributed by atoms with Gasteiger partial charge in [-0.2, -0.15) is 0 Å². The van der Waals surface area contributed by atoms with Gasteiger partial charge < -0.3 is 116 Å². The van der Waals surface area contributed by atoms with Crippen molar-refractivity contribution in [2.24, 2.45) is 17.2 Å². The summed E-state index contributed by atoms with van der Waals surface area (Å²) in [6, 6.07) is 4.70. The monoisotopic (exact) mass is 1720 g/mol. The van der Waals surface area contributed by atoms with Crippen molar-refractivity contribution in [1.82, 2.24) is 67.9 Å². The van der Waals surface area contributed by atoms with Gasteiger partial charge in [-0.15, -0.1) is 0 Å². The average Bonchev–Trinajstić information content (AvgIpc) is 1.73. The van der Waals surface area contributed by atoms with E-state index in [-0.39, 0.29) is 119 Å². The van der Waals surface area contributed by atoms with E-state index in [9.17, 15) is 83.1 Å². The van der Waals surface area contributed by atoms with E-state index >= 15 is 19.2 Å². The number of carboxylic acids is 3. The maximum absolute atomic E-state index is 15.6. The number of nitrogens with zero attached hydrogens (tertiary/aromatic N) is 3. The Morgan fingerprint density at radius 1 is 0.586 bits per heavy atom. The Hall–Kier alpha value is -10.6. The Morgan fingerprint density at radius 2 is 1.09 bits per heavy atom. The third kappa shape index (κ3) is 31.6. The van der Waals surface area contributed by atoms with Crippen LogP contribution in [0.1, 0.15) is 67.7 Å². The van der Waals surface area contributed by atoms with E-state index in [1.54, 1.807) is 0 Å². The number of primary amides is 2. The molecule has 7 rings (SSSR count). The summed E-state index contributed by atoms with van der Waals surface area (Å²) >= 11 is 6.27. The number of anilines is 2. The van der Waals surface area contributed by atoms with E-state index in [0.29, 0.717) is 23.1 Å². The van der Waals surface area contributed by atoms with E-state index in [0.717, 1.165) is 28.5 Å². The molecule has 11 atom stereocenters. The number of aliphatic hydroxyl groups is 1. The van der Waals surface area contributed by atoms with Crippen LogP contribution in [0.3, 0.4) is 0 Å². The van der Waals surface area contributed by atoms with Crippen molar-refractivity contribution in [3.8, 4) is 5.75 Å². The number of unbranched alkanes of at least 4 members (excludes halogenated alkanes) is 1. The van der Waals surface area contributed by atoms with Crippen molar-refractivity contribution in [2.75, 3.05) is 81.0 Å². The van der Waals surface area contributed by atoms with Gasteiger partial charge in [-0.25, -0.2) is 9.59 Å².